The van der Waals surface area contributed by atoms with Crippen LogP contribution in [0.5, 0.6) is 5.75 Å². The topological polar surface area (TPSA) is 118 Å². The zero-order valence-corrected chi connectivity index (χ0v) is 17.6. The van der Waals surface area contributed by atoms with Gasteiger partial charge in [-0.2, -0.15) is 5.26 Å². The van der Waals surface area contributed by atoms with Gasteiger partial charge in [0, 0.05) is 16.9 Å². The third-order valence-corrected chi connectivity index (χ3v) is 5.80. The molecule has 1 unspecified atom stereocenters. The van der Waals surface area contributed by atoms with E-state index in [1.54, 1.807) is 24.3 Å². The number of nitrogens with zero attached hydrogens (tertiary/aromatic N) is 1. The van der Waals surface area contributed by atoms with E-state index in [0.29, 0.717) is 12.1 Å². The number of phenolic OH excluding ortho intramolecular Hbond substituents is 1. The van der Waals surface area contributed by atoms with Crippen molar-refractivity contribution in [1.82, 2.24) is 15.6 Å². The number of fused-ring (bicyclic) bond motifs is 1. The molecule has 0 radical (unpaired) electrons. The number of rotatable bonds is 5. The molecule has 2 fully saturated rings. The molecule has 2 aliphatic carbocycles. The maximum Gasteiger partial charge on any atom is 0.267 e. The summed E-state index contributed by atoms with van der Waals surface area (Å²) in [6.45, 7) is 4.00. The normalized spacial score (nSPS) is 21.6. The van der Waals surface area contributed by atoms with Crippen LogP contribution in [-0.2, 0) is 4.79 Å². The van der Waals surface area contributed by atoms with Crippen LogP contribution in [0.4, 0.5) is 0 Å². The third kappa shape index (κ3) is 4.93. The number of carbonyl (C=O) groups is 2. The maximum atomic E-state index is 12.8. The number of nitrogens with one attached hydrogen (secondary N) is 3. The lowest BCUT2D eigenvalue weighted by molar-refractivity contribution is -0.127. The van der Waals surface area contributed by atoms with E-state index in [9.17, 15) is 20.0 Å². The Morgan fingerprint density at radius 1 is 1.17 bits per heavy atom. The lowest BCUT2D eigenvalue weighted by atomic mass is 9.83. The first-order chi connectivity index (χ1) is 14.5. The van der Waals surface area contributed by atoms with E-state index < -0.39 is 6.04 Å². The van der Waals surface area contributed by atoms with E-state index >= 15 is 0 Å². The molecule has 0 saturated heterocycles. The Hall–Kier alpha value is -3.01. The van der Waals surface area contributed by atoms with Crippen LogP contribution in [0.25, 0.3) is 10.9 Å². The standard InChI is InChI=1S/C21H24N4O3.C2H6/c22-11-19(12-5-6-12)25-20(27)15-3-1-2-4-17(15)24-21(28)18-10-13-9-14(26)7-8-16(13)23-18;1-2/h7-10,12,15,17,19,23,26H,1-6H2,(H,24,28)(H,25,27);1-2H3/t15-,17+,19?;/m1./s1. The van der Waals surface area contributed by atoms with Gasteiger partial charge in [0.05, 0.1) is 12.0 Å². The van der Waals surface area contributed by atoms with Gasteiger partial charge >= 0.3 is 0 Å². The van der Waals surface area contributed by atoms with E-state index in [-0.39, 0.29) is 35.4 Å². The van der Waals surface area contributed by atoms with Crippen LogP contribution in [0.1, 0.15) is 62.9 Å². The van der Waals surface area contributed by atoms with Crippen molar-refractivity contribution in [2.75, 3.05) is 0 Å². The second kappa shape index (κ2) is 9.66. The highest BCUT2D eigenvalue weighted by atomic mass is 16.3. The smallest absolute Gasteiger partial charge is 0.267 e. The summed E-state index contributed by atoms with van der Waals surface area (Å²) in [5, 5.41) is 25.5. The highest BCUT2D eigenvalue weighted by molar-refractivity contribution is 5.98. The van der Waals surface area contributed by atoms with Crippen molar-refractivity contribution >= 4 is 22.7 Å². The fourth-order valence-corrected chi connectivity index (χ4v) is 4.05. The predicted octanol–water partition coefficient (Wildman–Crippen LogP) is 3.61. The van der Waals surface area contributed by atoms with Crippen LogP contribution in [0.3, 0.4) is 0 Å². The number of carbonyl (C=O) groups excluding carboxylic acids is 2. The second-order valence-electron chi connectivity index (χ2n) is 7.88. The van der Waals surface area contributed by atoms with Crippen LogP contribution in [0.15, 0.2) is 24.3 Å². The van der Waals surface area contributed by atoms with Crippen molar-refractivity contribution in [3.05, 3.63) is 30.0 Å². The molecule has 1 heterocycles. The summed E-state index contributed by atoms with van der Waals surface area (Å²) >= 11 is 0. The quantitative estimate of drug-likeness (QED) is 0.602. The number of phenols is 1. The van der Waals surface area contributed by atoms with Crippen molar-refractivity contribution < 1.29 is 14.7 Å². The summed E-state index contributed by atoms with van der Waals surface area (Å²) in [5.41, 5.74) is 1.17. The molecule has 30 heavy (non-hydrogen) atoms. The Labute approximate surface area is 176 Å². The van der Waals surface area contributed by atoms with Crippen LogP contribution in [0.2, 0.25) is 0 Å². The molecule has 2 amide bonds. The van der Waals surface area contributed by atoms with Crippen molar-refractivity contribution in [3.8, 4) is 11.8 Å². The van der Waals surface area contributed by atoms with Gasteiger partial charge in [0.2, 0.25) is 5.91 Å². The minimum Gasteiger partial charge on any atom is -0.508 e. The summed E-state index contributed by atoms with van der Waals surface area (Å²) in [5.74, 6) is -0.302. The molecule has 0 spiro atoms. The molecule has 4 rings (SSSR count). The Morgan fingerprint density at radius 2 is 1.90 bits per heavy atom. The Kier molecular flexibility index (Phi) is 6.99. The first kappa shape index (κ1) is 21.7. The van der Waals surface area contributed by atoms with Crippen LogP contribution < -0.4 is 10.6 Å². The summed E-state index contributed by atoms with van der Waals surface area (Å²) < 4.78 is 0. The fourth-order valence-electron chi connectivity index (χ4n) is 4.05. The summed E-state index contributed by atoms with van der Waals surface area (Å²) in [6, 6.07) is 8.09. The molecule has 160 valence electrons. The molecule has 1 aromatic carbocycles. The molecule has 2 aromatic rings. The van der Waals surface area contributed by atoms with Crippen LogP contribution >= 0.6 is 0 Å². The number of amides is 2. The average Bonchev–Trinajstić information content (AvgIpc) is 3.52. The number of nitriles is 1. The molecule has 0 bridgehead atoms. The Balaban J connectivity index is 0.00000124. The molecule has 0 aliphatic heterocycles. The number of benzene rings is 1. The molecule has 4 N–H and O–H groups in total. The van der Waals surface area contributed by atoms with Crippen LogP contribution in [0, 0.1) is 23.2 Å². The average molecular weight is 411 g/mol. The minimum atomic E-state index is -0.424. The number of aromatic amines is 1. The van der Waals surface area contributed by atoms with E-state index in [2.05, 4.69) is 21.7 Å². The van der Waals surface area contributed by atoms with Gasteiger partial charge in [-0.25, -0.2) is 0 Å². The third-order valence-electron chi connectivity index (χ3n) is 5.80. The summed E-state index contributed by atoms with van der Waals surface area (Å²) in [7, 11) is 0. The maximum absolute atomic E-state index is 12.8. The van der Waals surface area contributed by atoms with Gasteiger partial charge in [0.1, 0.15) is 17.5 Å². The van der Waals surface area contributed by atoms with Gasteiger partial charge in [-0.1, -0.05) is 26.7 Å². The molecule has 2 saturated carbocycles. The molecular weight excluding hydrogens is 380 g/mol. The lowest BCUT2D eigenvalue weighted by Crippen LogP contribution is -2.50. The largest absolute Gasteiger partial charge is 0.508 e. The van der Waals surface area contributed by atoms with Crippen molar-refractivity contribution in [1.29, 1.82) is 5.26 Å². The monoisotopic (exact) mass is 410 g/mol. The van der Waals surface area contributed by atoms with E-state index in [0.717, 1.165) is 43.0 Å². The Morgan fingerprint density at radius 3 is 2.60 bits per heavy atom. The van der Waals surface area contributed by atoms with Gasteiger partial charge in [-0.05, 0) is 55.9 Å². The van der Waals surface area contributed by atoms with Crippen molar-refractivity contribution in [3.63, 3.8) is 0 Å². The van der Waals surface area contributed by atoms with Gasteiger partial charge in [0.25, 0.3) is 5.91 Å². The predicted molar refractivity (Wildman–Crippen MR) is 115 cm³/mol. The van der Waals surface area contributed by atoms with Crippen LogP contribution in [-0.4, -0.2) is 34.0 Å². The molecular formula is C23H30N4O3. The zero-order chi connectivity index (χ0) is 21.7. The first-order valence-corrected chi connectivity index (χ1v) is 10.9. The van der Waals surface area contributed by atoms with Crippen molar-refractivity contribution in [2.45, 2.75) is 64.5 Å². The fraction of sp³-hybridized carbons (Fsp3) is 0.522. The first-order valence-electron chi connectivity index (χ1n) is 10.9. The molecule has 7 nitrogen and oxygen atoms in total. The van der Waals surface area contributed by atoms with E-state index in [4.69, 9.17) is 0 Å². The highest BCUT2D eigenvalue weighted by Crippen LogP contribution is 2.33. The van der Waals surface area contributed by atoms with E-state index in [1.165, 1.54) is 0 Å². The summed E-state index contributed by atoms with van der Waals surface area (Å²) in [6.07, 6.45) is 5.32. The lowest BCUT2D eigenvalue weighted by Gasteiger charge is -2.31. The molecule has 2 aliphatic rings. The van der Waals surface area contributed by atoms with Gasteiger partial charge in [-0.3, -0.25) is 9.59 Å². The second-order valence-corrected chi connectivity index (χ2v) is 7.88. The minimum absolute atomic E-state index is 0.134. The number of hydrogen-bond acceptors (Lipinski definition) is 4. The zero-order valence-electron chi connectivity index (χ0n) is 17.6. The van der Waals surface area contributed by atoms with Gasteiger partial charge in [0.15, 0.2) is 0 Å². The van der Waals surface area contributed by atoms with Gasteiger partial charge in [-0.15, -0.1) is 0 Å². The number of hydrogen-bond donors (Lipinski definition) is 4. The van der Waals surface area contributed by atoms with Crippen molar-refractivity contribution in [2.24, 2.45) is 11.8 Å². The highest BCUT2D eigenvalue weighted by Gasteiger charge is 2.37. The number of aromatic hydroxyl groups is 1. The number of aromatic nitrogens is 1. The SMILES string of the molecule is CC.N#CC(NC(=O)[C@@H]1CCCC[C@@H]1NC(=O)c1cc2cc(O)ccc2[nH]1)C1CC1. The Bertz CT molecular complexity index is 942. The molecule has 7 heteroatoms. The number of H-pyrrole nitrogens is 1. The summed E-state index contributed by atoms with van der Waals surface area (Å²) in [4.78, 5) is 28.6. The molecule has 1 aromatic heterocycles. The van der Waals surface area contributed by atoms with E-state index in [1.807, 2.05) is 13.8 Å². The molecule has 3 atom stereocenters. The van der Waals surface area contributed by atoms with Gasteiger partial charge < -0.3 is 20.7 Å².